The van der Waals surface area contributed by atoms with E-state index in [0.29, 0.717) is 16.7 Å². The molecule has 0 saturated heterocycles. The van der Waals surface area contributed by atoms with Gasteiger partial charge in [-0.25, -0.2) is 22.8 Å². The predicted octanol–water partition coefficient (Wildman–Crippen LogP) is 0.806. The second kappa shape index (κ2) is 10.3. The van der Waals surface area contributed by atoms with E-state index in [1.165, 1.54) is 11.3 Å². The summed E-state index contributed by atoms with van der Waals surface area (Å²) in [6, 6.07) is 3.52. The first kappa shape index (κ1) is 22.0. The van der Waals surface area contributed by atoms with Crippen LogP contribution in [0.3, 0.4) is 0 Å². The Kier molecular flexibility index (Phi) is 8.44. The van der Waals surface area contributed by atoms with E-state index in [2.05, 4.69) is 30.4 Å². The van der Waals surface area contributed by atoms with Crippen molar-refractivity contribution in [2.45, 2.75) is 36.6 Å². The van der Waals surface area contributed by atoms with Crippen LogP contribution in [-0.4, -0.2) is 54.8 Å². The van der Waals surface area contributed by atoms with Crippen LogP contribution in [-0.2, 0) is 23.0 Å². The van der Waals surface area contributed by atoms with Crippen LogP contribution in [0.25, 0.3) is 0 Å². The molecule has 1 aliphatic heterocycles. The third-order valence-corrected chi connectivity index (χ3v) is 6.78. The first-order valence-electron chi connectivity index (χ1n) is 8.53. The number of aryl methyl sites for hydroxylation is 1. The van der Waals surface area contributed by atoms with Gasteiger partial charge in [-0.1, -0.05) is 6.07 Å². The largest absolute Gasteiger partial charge is 0.357 e. The lowest BCUT2D eigenvalue weighted by molar-refractivity contribution is 0.393. The molecule has 0 aliphatic carbocycles. The molecule has 2 aromatic rings. The van der Waals surface area contributed by atoms with Crippen molar-refractivity contribution in [3.05, 3.63) is 29.7 Å². The molecule has 3 heterocycles. The Balaban J connectivity index is 0.00000261. The van der Waals surface area contributed by atoms with Crippen LogP contribution in [0.4, 0.5) is 0 Å². The molecule has 12 heteroatoms. The molecule has 0 amide bonds. The fourth-order valence-corrected chi connectivity index (χ4v) is 4.76. The van der Waals surface area contributed by atoms with Crippen molar-refractivity contribution in [2.24, 2.45) is 4.99 Å². The second-order valence-electron chi connectivity index (χ2n) is 5.83. The van der Waals surface area contributed by atoms with Gasteiger partial charge in [0.2, 0.25) is 10.0 Å². The molecule has 0 fully saturated rings. The van der Waals surface area contributed by atoms with Gasteiger partial charge in [0, 0.05) is 25.6 Å². The first-order valence-corrected chi connectivity index (χ1v) is 10.9. The molecule has 0 bridgehead atoms. The zero-order valence-corrected chi connectivity index (χ0v) is 18.9. The van der Waals surface area contributed by atoms with E-state index in [1.54, 1.807) is 23.8 Å². The summed E-state index contributed by atoms with van der Waals surface area (Å²) in [5, 5.41) is 12.5. The molecule has 3 rings (SSSR count). The molecule has 1 atom stereocenters. The summed E-state index contributed by atoms with van der Waals surface area (Å²) < 4.78 is 28.9. The number of halogens is 1. The number of fused-ring (bicyclic) bond motifs is 1. The van der Waals surface area contributed by atoms with Crippen molar-refractivity contribution < 1.29 is 8.42 Å². The third kappa shape index (κ3) is 6.12. The molecular weight excluding hydrogens is 501 g/mol. The molecule has 2 aromatic heterocycles. The lowest BCUT2D eigenvalue weighted by Gasteiger charge is -2.25. The van der Waals surface area contributed by atoms with Crippen LogP contribution in [0.1, 0.15) is 19.2 Å². The number of sulfonamides is 1. The van der Waals surface area contributed by atoms with Crippen LogP contribution in [0.2, 0.25) is 0 Å². The van der Waals surface area contributed by atoms with Crippen LogP contribution >= 0.6 is 35.3 Å². The Bertz CT molecular complexity index is 836. The number of hydrogen-bond donors (Lipinski definition) is 3. The van der Waals surface area contributed by atoms with E-state index in [-0.39, 0.29) is 36.6 Å². The van der Waals surface area contributed by atoms with Crippen molar-refractivity contribution in [3.8, 4) is 0 Å². The van der Waals surface area contributed by atoms with Gasteiger partial charge in [-0.2, -0.15) is 5.10 Å². The third-order valence-electron chi connectivity index (χ3n) is 3.92. The van der Waals surface area contributed by atoms with E-state index in [0.717, 1.165) is 31.8 Å². The summed E-state index contributed by atoms with van der Waals surface area (Å²) >= 11 is 1.20. The number of aromatic nitrogens is 3. The minimum absolute atomic E-state index is 0. The molecule has 27 heavy (non-hydrogen) atoms. The second-order valence-corrected chi connectivity index (χ2v) is 8.77. The molecular formula is C15H24IN7O2S2. The van der Waals surface area contributed by atoms with Crippen molar-refractivity contribution in [1.82, 2.24) is 30.1 Å². The lowest BCUT2D eigenvalue weighted by atomic mass is 10.1. The maximum atomic E-state index is 12.1. The molecule has 3 N–H and O–H groups in total. The monoisotopic (exact) mass is 525 g/mol. The number of guanidine groups is 1. The minimum Gasteiger partial charge on any atom is -0.357 e. The van der Waals surface area contributed by atoms with Gasteiger partial charge in [0.05, 0.1) is 13.1 Å². The van der Waals surface area contributed by atoms with Crippen molar-refractivity contribution in [3.63, 3.8) is 0 Å². The molecule has 0 saturated carbocycles. The van der Waals surface area contributed by atoms with E-state index in [4.69, 9.17) is 0 Å². The average Bonchev–Trinajstić information content (AvgIpc) is 3.30. The molecule has 1 aliphatic rings. The highest BCUT2D eigenvalue weighted by molar-refractivity contribution is 14.0. The smallest absolute Gasteiger partial charge is 0.250 e. The van der Waals surface area contributed by atoms with Crippen LogP contribution in [0, 0.1) is 0 Å². The quantitative estimate of drug-likeness (QED) is 0.214. The standard InChI is InChI=1S/C15H23N7O2S2.HI/c1-2-16-15(21-12-5-6-13-18-11-19-22(13)10-12)17-7-8-20-26(23,24)14-4-3-9-25-14;/h3-4,9,11-12,20H,2,5-8,10H2,1H3,(H2,16,17,21);1H. The zero-order chi connectivity index (χ0) is 18.4. The van der Waals surface area contributed by atoms with Crippen molar-refractivity contribution >= 4 is 51.3 Å². The van der Waals surface area contributed by atoms with Gasteiger partial charge in [0.15, 0.2) is 5.96 Å². The van der Waals surface area contributed by atoms with Gasteiger partial charge < -0.3 is 10.6 Å². The summed E-state index contributed by atoms with van der Waals surface area (Å²) in [5.41, 5.74) is 0. The van der Waals surface area contributed by atoms with Crippen LogP contribution in [0.15, 0.2) is 33.0 Å². The molecule has 150 valence electrons. The van der Waals surface area contributed by atoms with Gasteiger partial charge in [-0.05, 0) is 24.8 Å². The Morgan fingerprint density at radius 2 is 2.33 bits per heavy atom. The highest BCUT2D eigenvalue weighted by Crippen LogP contribution is 2.15. The highest BCUT2D eigenvalue weighted by atomic mass is 127. The molecule has 0 radical (unpaired) electrons. The first-order chi connectivity index (χ1) is 12.6. The zero-order valence-electron chi connectivity index (χ0n) is 15.0. The van der Waals surface area contributed by atoms with Crippen LogP contribution < -0.4 is 15.4 Å². The van der Waals surface area contributed by atoms with Crippen molar-refractivity contribution in [1.29, 1.82) is 0 Å². The van der Waals surface area contributed by atoms with Gasteiger partial charge in [-0.3, -0.25) is 4.99 Å². The Labute approximate surface area is 180 Å². The normalized spacial score (nSPS) is 17.1. The molecule has 0 aromatic carbocycles. The lowest BCUT2D eigenvalue weighted by Crippen LogP contribution is -2.47. The number of nitrogens with zero attached hydrogens (tertiary/aromatic N) is 4. The fourth-order valence-electron chi connectivity index (χ4n) is 2.70. The topological polar surface area (TPSA) is 113 Å². The highest BCUT2D eigenvalue weighted by Gasteiger charge is 2.20. The molecule has 0 spiro atoms. The van der Waals surface area contributed by atoms with E-state index >= 15 is 0 Å². The Hall–Kier alpha value is -1.25. The summed E-state index contributed by atoms with van der Waals surface area (Å²) in [6.07, 6.45) is 3.41. The maximum absolute atomic E-state index is 12.1. The summed E-state index contributed by atoms with van der Waals surface area (Å²) in [7, 11) is -3.44. The number of rotatable bonds is 7. The number of thiophene rings is 1. The van der Waals surface area contributed by atoms with Crippen LogP contribution in [0.5, 0.6) is 0 Å². The SMILES string of the molecule is CCNC(=NCCNS(=O)(=O)c1cccs1)NC1CCc2ncnn2C1.I. The number of nitrogens with one attached hydrogen (secondary N) is 3. The van der Waals surface area contributed by atoms with Gasteiger partial charge in [0.1, 0.15) is 16.4 Å². The van der Waals surface area contributed by atoms with Crippen molar-refractivity contribution in [2.75, 3.05) is 19.6 Å². The fraction of sp³-hybridized carbons (Fsp3) is 0.533. The van der Waals surface area contributed by atoms with Gasteiger partial charge >= 0.3 is 0 Å². The summed E-state index contributed by atoms with van der Waals surface area (Å²) in [5.74, 6) is 1.68. The van der Waals surface area contributed by atoms with Gasteiger partial charge in [-0.15, -0.1) is 35.3 Å². The predicted molar refractivity (Wildman–Crippen MR) is 116 cm³/mol. The van der Waals surface area contributed by atoms with E-state index in [1.807, 2.05) is 11.6 Å². The minimum atomic E-state index is -3.44. The average molecular weight is 525 g/mol. The van der Waals surface area contributed by atoms with E-state index < -0.39 is 10.0 Å². The number of aliphatic imine (C=N–C) groups is 1. The summed E-state index contributed by atoms with van der Waals surface area (Å²) in [6.45, 7) is 4.06. The molecule has 9 nitrogen and oxygen atoms in total. The number of hydrogen-bond acceptors (Lipinski definition) is 6. The summed E-state index contributed by atoms with van der Waals surface area (Å²) in [4.78, 5) is 8.69. The Morgan fingerprint density at radius 1 is 1.48 bits per heavy atom. The Morgan fingerprint density at radius 3 is 3.07 bits per heavy atom. The van der Waals surface area contributed by atoms with Gasteiger partial charge in [0.25, 0.3) is 0 Å². The van der Waals surface area contributed by atoms with E-state index in [9.17, 15) is 8.42 Å². The maximum Gasteiger partial charge on any atom is 0.250 e. The molecule has 1 unspecified atom stereocenters.